The monoisotopic (exact) mass is 223 g/mol. The summed E-state index contributed by atoms with van der Waals surface area (Å²) in [5.41, 5.74) is -1.51. The van der Waals surface area contributed by atoms with Gasteiger partial charge in [-0.1, -0.05) is 0 Å². The zero-order valence-electron chi connectivity index (χ0n) is 9.15. The third-order valence-corrected chi connectivity index (χ3v) is 1.53. The van der Waals surface area contributed by atoms with Crippen LogP contribution in [0.15, 0.2) is 12.1 Å². The van der Waals surface area contributed by atoms with Gasteiger partial charge in [-0.15, -0.1) is 12.1 Å². The molecule has 2 nitrogen and oxygen atoms in total. The molecule has 0 rings (SSSR count). The van der Waals surface area contributed by atoms with Crippen molar-refractivity contribution in [3.63, 3.8) is 0 Å². The molecule has 0 aromatic carbocycles. The van der Waals surface area contributed by atoms with Crippen molar-refractivity contribution in [3.05, 3.63) is 12.1 Å². The van der Waals surface area contributed by atoms with Crippen molar-refractivity contribution in [2.75, 3.05) is 0 Å². The maximum Gasteiger partial charge on any atom is 0.505 e. The van der Waals surface area contributed by atoms with E-state index in [0.29, 0.717) is 0 Å². The number of halogens is 3. The second-order valence-electron chi connectivity index (χ2n) is 4.32. The summed E-state index contributed by atoms with van der Waals surface area (Å²) in [6.07, 6.45) is -0.671. The number of carbonyl (C=O) groups excluding carboxylic acids is 1. The lowest BCUT2D eigenvalue weighted by Crippen LogP contribution is -2.25. The lowest BCUT2D eigenvalue weighted by Gasteiger charge is -2.21. The second-order valence-corrected chi connectivity index (χ2v) is 4.32. The minimum absolute atomic E-state index is 0.280. The molecule has 0 spiro atoms. The number of hydrogen-bond donors (Lipinski definition) is 0. The van der Waals surface area contributed by atoms with Crippen molar-refractivity contribution >= 4 is 12.9 Å². The molecule has 6 heteroatoms. The van der Waals surface area contributed by atoms with Gasteiger partial charge in [0.15, 0.2) is 0 Å². The van der Waals surface area contributed by atoms with E-state index in [4.69, 9.17) is 4.74 Å². The lowest BCUT2D eigenvalue weighted by atomic mass is 9.78. The molecule has 88 valence electrons. The summed E-state index contributed by atoms with van der Waals surface area (Å²) < 4.78 is 41.0. The van der Waals surface area contributed by atoms with Crippen LogP contribution in [-0.4, -0.2) is 18.5 Å². The van der Waals surface area contributed by atoms with E-state index in [9.17, 15) is 17.7 Å². The Labute approximate surface area is 87.5 Å². The van der Waals surface area contributed by atoms with E-state index in [1.165, 1.54) is 0 Å². The Morgan fingerprint density at radius 2 is 1.73 bits per heavy atom. The maximum atomic E-state index is 12.0. The van der Waals surface area contributed by atoms with Crippen LogP contribution in [0.4, 0.5) is 12.9 Å². The summed E-state index contributed by atoms with van der Waals surface area (Å²) >= 11 is 0. The molecular weight excluding hydrogens is 208 g/mol. The first kappa shape index (κ1) is 14.1. The number of carbonyl (C=O) groups is 1. The number of esters is 1. The summed E-state index contributed by atoms with van der Waals surface area (Å²) in [5, 5.41) is 0. The van der Waals surface area contributed by atoms with Crippen LogP contribution in [0.25, 0.3) is 0 Å². The third-order valence-electron chi connectivity index (χ3n) is 1.53. The number of allylic oxidation sites excluding steroid dienone is 1. The molecule has 0 heterocycles. The predicted octanol–water partition coefficient (Wildman–Crippen LogP) is 3.05. The molecule has 0 bridgehead atoms. The van der Waals surface area contributed by atoms with Gasteiger partial charge in [-0.25, -0.2) is 0 Å². The molecule has 0 aliphatic heterocycles. The van der Waals surface area contributed by atoms with Crippen LogP contribution in [-0.2, 0) is 9.53 Å². The van der Waals surface area contributed by atoms with Crippen LogP contribution in [0.3, 0.4) is 0 Å². The Morgan fingerprint density at radius 3 is 2.07 bits per heavy atom. The quantitative estimate of drug-likeness (QED) is 0.540. The van der Waals surface area contributed by atoms with Gasteiger partial charge in [0.2, 0.25) is 0 Å². The van der Waals surface area contributed by atoms with Crippen molar-refractivity contribution in [2.45, 2.75) is 39.2 Å². The van der Waals surface area contributed by atoms with E-state index < -0.39 is 30.4 Å². The van der Waals surface area contributed by atoms with E-state index >= 15 is 0 Å². The normalized spacial score (nSPS) is 12.4. The zero-order valence-corrected chi connectivity index (χ0v) is 9.15. The van der Waals surface area contributed by atoms with Crippen LogP contribution in [0, 0.1) is 0 Å². The Kier molecular flexibility index (Phi) is 4.43. The summed E-state index contributed by atoms with van der Waals surface area (Å²) in [6, 6.07) is 0. The van der Waals surface area contributed by atoms with Gasteiger partial charge >= 0.3 is 12.9 Å². The largest absolute Gasteiger partial charge is 0.505 e. The van der Waals surface area contributed by atoms with Gasteiger partial charge in [-0.2, -0.15) is 0 Å². The van der Waals surface area contributed by atoms with E-state index in [1.807, 2.05) is 0 Å². The molecule has 0 aromatic rings. The lowest BCUT2D eigenvalue weighted by molar-refractivity contribution is -0.154. The smallest absolute Gasteiger partial charge is 0.460 e. The van der Waals surface area contributed by atoms with Gasteiger partial charge in [0.1, 0.15) is 5.60 Å². The minimum atomic E-state index is -5.04. The molecule has 0 fully saturated rings. The Hall–Kier alpha value is -0.935. The third kappa shape index (κ3) is 7.05. The highest BCUT2D eigenvalue weighted by atomic mass is 19.4. The first-order valence-corrected chi connectivity index (χ1v) is 4.62. The standard InChI is InChI=1S/C9H15BF3O2/c1-7(10(11,12)13)5-6-8(14)15-9(2,3)4/h1,5-6H2,2-4H3/q-1. The fraction of sp³-hybridized carbons (Fsp3) is 0.667. The fourth-order valence-corrected chi connectivity index (χ4v) is 0.819. The Bertz CT molecular complexity index is 253. The number of ether oxygens (including phenoxy) is 1. The van der Waals surface area contributed by atoms with Crippen LogP contribution < -0.4 is 0 Å². The number of hydrogen-bond acceptors (Lipinski definition) is 2. The van der Waals surface area contributed by atoms with Crippen molar-refractivity contribution in [3.8, 4) is 0 Å². The molecule has 0 saturated heterocycles. The number of rotatable bonds is 4. The average molecular weight is 223 g/mol. The van der Waals surface area contributed by atoms with E-state index in [0.717, 1.165) is 0 Å². The maximum absolute atomic E-state index is 12.0. The van der Waals surface area contributed by atoms with Crippen molar-refractivity contribution in [1.29, 1.82) is 0 Å². The van der Waals surface area contributed by atoms with Gasteiger partial charge in [0, 0.05) is 6.42 Å². The Balaban J connectivity index is 3.98. The molecule has 0 aliphatic carbocycles. The summed E-state index contributed by atoms with van der Waals surface area (Å²) in [4.78, 5) is 11.1. The minimum Gasteiger partial charge on any atom is -0.460 e. The first-order chi connectivity index (χ1) is 6.52. The Morgan fingerprint density at radius 1 is 1.27 bits per heavy atom. The molecule has 0 N–H and O–H groups in total. The fourth-order valence-electron chi connectivity index (χ4n) is 0.819. The molecule has 0 amide bonds. The van der Waals surface area contributed by atoms with Crippen molar-refractivity contribution in [2.24, 2.45) is 0 Å². The van der Waals surface area contributed by atoms with Crippen LogP contribution in [0.2, 0.25) is 0 Å². The highest BCUT2D eigenvalue weighted by molar-refractivity contribution is 6.66. The topological polar surface area (TPSA) is 26.3 Å². The highest BCUT2D eigenvalue weighted by Gasteiger charge is 2.27. The van der Waals surface area contributed by atoms with Gasteiger partial charge in [-0.3, -0.25) is 4.79 Å². The average Bonchev–Trinajstić information content (AvgIpc) is 1.94. The molecule has 0 saturated carbocycles. The molecule has 0 aliphatic rings. The van der Waals surface area contributed by atoms with Crippen LogP contribution in [0.1, 0.15) is 33.6 Å². The van der Waals surface area contributed by atoms with E-state index in [2.05, 4.69) is 6.58 Å². The van der Waals surface area contributed by atoms with E-state index in [-0.39, 0.29) is 6.42 Å². The second kappa shape index (κ2) is 4.72. The summed E-state index contributed by atoms with van der Waals surface area (Å²) in [7, 11) is 0. The molecule has 0 aromatic heterocycles. The zero-order chi connectivity index (χ0) is 12.3. The summed E-state index contributed by atoms with van der Waals surface area (Å²) in [5.74, 6) is -0.635. The van der Waals surface area contributed by atoms with Crippen molar-refractivity contribution in [1.82, 2.24) is 0 Å². The van der Waals surface area contributed by atoms with Crippen molar-refractivity contribution < 1.29 is 22.5 Å². The molecule has 0 unspecified atom stereocenters. The molecule has 0 atom stereocenters. The van der Waals surface area contributed by atoms with E-state index in [1.54, 1.807) is 20.8 Å². The molecule has 0 radical (unpaired) electrons. The predicted molar refractivity (Wildman–Crippen MR) is 53.3 cm³/mol. The molecular formula is C9H15BF3O2-. The highest BCUT2D eigenvalue weighted by Crippen LogP contribution is 2.22. The SMILES string of the molecule is C=C(CCC(=O)OC(C)(C)C)[B-](F)(F)F. The van der Waals surface area contributed by atoms with Crippen LogP contribution in [0.5, 0.6) is 0 Å². The first-order valence-electron chi connectivity index (χ1n) is 4.62. The summed E-state index contributed by atoms with van der Waals surface area (Å²) in [6.45, 7) is 2.83. The van der Waals surface area contributed by atoms with Gasteiger partial charge < -0.3 is 17.7 Å². The van der Waals surface area contributed by atoms with Gasteiger partial charge in [0.05, 0.1) is 0 Å². The molecule has 15 heavy (non-hydrogen) atoms. The van der Waals surface area contributed by atoms with Gasteiger partial charge in [0.25, 0.3) is 0 Å². The van der Waals surface area contributed by atoms with Crippen LogP contribution >= 0.6 is 0 Å². The van der Waals surface area contributed by atoms with Gasteiger partial charge in [-0.05, 0) is 27.2 Å².